The first kappa shape index (κ1) is 10.8. The molecule has 1 rings (SSSR count). The quantitative estimate of drug-likeness (QED) is 0.678. The van der Waals surface area contributed by atoms with Crippen LogP contribution in [0.2, 0.25) is 0 Å². The Morgan fingerprint density at radius 1 is 1.38 bits per heavy atom. The Kier molecular flexibility index (Phi) is 3.18. The fraction of sp³-hybridized carbons (Fsp3) is 1.00. The number of halogens is 3. The molecule has 0 aliphatic carbocycles. The van der Waals surface area contributed by atoms with E-state index >= 15 is 0 Å². The highest BCUT2D eigenvalue weighted by atomic mass is 19.4. The lowest BCUT2D eigenvalue weighted by atomic mass is 9.97. The van der Waals surface area contributed by atoms with Crippen LogP contribution in [0.5, 0.6) is 0 Å². The molecule has 0 aromatic rings. The molecule has 0 radical (unpaired) electrons. The van der Waals surface area contributed by atoms with Crippen molar-refractivity contribution in [1.29, 1.82) is 0 Å². The summed E-state index contributed by atoms with van der Waals surface area (Å²) < 4.78 is 37.3. The van der Waals surface area contributed by atoms with Gasteiger partial charge in [0.05, 0.1) is 0 Å². The lowest BCUT2D eigenvalue weighted by molar-refractivity contribution is -0.189. The minimum atomic E-state index is -4.09. The lowest BCUT2D eigenvalue weighted by Crippen LogP contribution is -2.52. The molecule has 0 aromatic carbocycles. The average molecular weight is 196 g/mol. The highest BCUT2D eigenvalue weighted by molar-refractivity contribution is 4.87. The van der Waals surface area contributed by atoms with Crippen LogP contribution >= 0.6 is 0 Å². The Hall–Kier alpha value is -0.290. The molecule has 2 nitrogen and oxygen atoms in total. The maximum atomic E-state index is 12.4. The summed E-state index contributed by atoms with van der Waals surface area (Å²) in [6, 6.07) is -1.28. The minimum absolute atomic E-state index is 0.00262. The van der Waals surface area contributed by atoms with Crippen LogP contribution < -0.4 is 5.32 Å². The molecule has 13 heavy (non-hydrogen) atoms. The Morgan fingerprint density at radius 3 is 2.46 bits per heavy atom. The van der Waals surface area contributed by atoms with E-state index in [4.69, 9.17) is 0 Å². The Labute approximate surface area is 76.1 Å². The van der Waals surface area contributed by atoms with Crippen molar-refractivity contribution in [1.82, 2.24) is 10.2 Å². The molecule has 1 unspecified atom stereocenters. The van der Waals surface area contributed by atoms with E-state index in [2.05, 4.69) is 5.32 Å². The molecule has 2 atom stereocenters. The number of rotatable bonds is 1. The molecule has 1 aliphatic rings. The van der Waals surface area contributed by atoms with Crippen LogP contribution in [0.1, 0.15) is 12.8 Å². The minimum Gasteiger partial charge on any atom is -0.317 e. The zero-order chi connectivity index (χ0) is 10.1. The number of likely N-dealkylation sites (tertiary alicyclic amines) is 1. The monoisotopic (exact) mass is 196 g/mol. The Morgan fingerprint density at radius 2 is 2.00 bits per heavy atom. The van der Waals surface area contributed by atoms with E-state index in [9.17, 15) is 13.2 Å². The Balaban J connectivity index is 2.60. The zero-order valence-corrected chi connectivity index (χ0v) is 7.86. The number of hydrogen-bond donors (Lipinski definition) is 1. The standard InChI is InChI=1S/C8H15F3N2/c1-12-6-3-4-13(2)7(5-6)8(9,10)11/h6-7,12H,3-5H2,1-2H3/t6?,7-/m0/s1. The van der Waals surface area contributed by atoms with Gasteiger partial charge in [0.2, 0.25) is 0 Å². The van der Waals surface area contributed by atoms with Crippen LogP contribution in [-0.2, 0) is 0 Å². The normalized spacial score (nSPS) is 32.1. The van der Waals surface area contributed by atoms with Crippen LogP contribution in [0, 0.1) is 0 Å². The van der Waals surface area contributed by atoms with E-state index in [1.54, 1.807) is 7.05 Å². The third-order valence-electron chi connectivity index (χ3n) is 2.66. The lowest BCUT2D eigenvalue weighted by Gasteiger charge is -2.37. The van der Waals surface area contributed by atoms with E-state index in [0.717, 1.165) is 6.42 Å². The van der Waals surface area contributed by atoms with E-state index in [1.165, 1.54) is 11.9 Å². The SMILES string of the molecule is CNC1CCN(C)[C@H](C(F)(F)F)C1. The molecule has 5 heteroatoms. The van der Waals surface area contributed by atoms with Gasteiger partial charge in [-0.15, -0.1) is 0 Å². The predicted molar refractivity (Wildman–Crippen MR) is 44.6 cm³/mol. The van der Waals surface area contributed by atoms with Gasteiger partial charge in [0.25, 0.3) is 0 Å². The van der Waals surface area contributed by atoms with Crippen molar-refractivity contribution < 1.29 is 13.2 Å². The van der Waals surface area contributed by atoms with E-state index < -0.39 is 12.2 Å². The number of alkyl halides is 3. The van der Waals surface area contributed by atoms with Crippen LogP contribution in [0.15, 0.2) is 0 Å². The van der Waals surface area contributed by atoms with Crippen molar-refractivity contribution in [3.05, 3.63) is 0 Å². The summed E-state index contributed by atoms with van der Waals surface area (Å²) in [5.74, 6) is 0. The van der Waals surface area contributed by atoms with Crippen molar-refractivity contribution in [2.45, 2.75) is 31.1 Å². The van der Waals surface area contributed by atoms with Gasteiger partial charge in [-0.05, 0) is 33.5 Å². The molecular weight excluding hydrogens is 181 g/mol. The van der Waals surface area contributed by atoms with Gasteiger partial charge in [0.1, 0.15) is 6.04 Å². The van der Waals surface area contributed by atoms with Crippen molar-refractivity contribution in [3.8, 4) is 0 Å². The van der Waals surface area contributed by atoms with Crippen LogP contribution in [0.3, 0.4) is 0 Å². The van der Waals surface area contributed by atoms with Gasteiger partial charge in [0, 0.05) is 6.04 Å². The van der Waals surface area contributed by atoms with Gasteiger partial charge in [-0.25, -0.2) is 0 Å². The summed E-state index contributed by atoms with van der Waals surface area (Å²) in [5, 5.41) is 2.90. The molecule has 0 amide bonds. The topological polar surface area (TPSA) is 15.3 Å². The number of hydrogen-bond acceptors (Lipinski definition) is 2. The average Bonchev–Trinajstić information content (AvgIpc) is 2.03. The first-order valence-electron chi connectivity index (χ1n) is 4.39. The molecule has 0 spiro atoms. The van der Waals surface area contributed by atoms with Gasteiger partial charge in [-0.1, -0.05) is 0 Å². The van der Waals surface area contributed by atoms with Crippen molar-refractivity contribution in [3.63, 3.8) is 0 Å². The fourth-order valence-electron chi connectivity index (χ4n) is 1.73. The van der Waals surface area contributed by atoms with Gasteiger partial charge in [0.15, 0.2) is 0 Å². The van der Waals surface area contributed by atoms with Gasteiger partial charge in [-0.2, -0.15) is 13.2 Å². The maximum absolute atomic E-state index is 12.4. The molecule has 1 heterocycles. The highest BCUT2D eigenvalue weighted by Gasteiger charge is 2.44. The number of nitrogens with zero attached hydrogens (tertiary/aromatic N) is 1. The van der Waals surface area contributed by atoms with Gasteiger partial charge < -0.3 is 5.32 Å². The van der Waals surface area contributed by atoms with Crippen molar-refractivity contribution >= 4 is 0 Å². The van der Waals surface area contributed by atoms with Crippen molar-refractivity contribution in [2.75, 3.05) is 20.6 Å². The molecular formula is C8H15F3N2. The summed E-state index contributed by atoms with van der Waals surface area (Å²) in [7, 11) is 3.24. The summed E-state index contributed by atoms with van der Waals surface area (Å²) >= 11 is 0. The fourth-order valence-corrected chi connectivity index (χ4v) is 1.73. The molecule has 1 N–H and O–H groups in total. The largest absolute Gasteiger partial charge is 0.404 e. The van der Waals surface area contributed by atoms with E-state index in [-0.39, 0.29) is 12.5 Å². The van der Waals surface area contributed by atoms with Crippen LogP contribution in [0.25, 0.3) is 0 Å². The predicted octanol–water partition coefficient (Wildman–Crippen LogP) is 1.23. The molecule has 0 aromatic heterocycles. The second-order valence-electron chi connectivity index (χ2n) is 3.55. The molecule has 1 fully saturated rings. The summed E-state index contributed by atoms with van der Waals surface area (Å²) in [4.78, 5) is 1.38. The molecule has 1 saturated heterocycles. The second-order valence-corrected chi connectivity index (χ2v) is 3.55. The zero-order valence-electron chi connectivity index (χ0n) is 7.86. The first-order chi connectivity index (χ1) is 5.95. The maximum Gasteiger partial charge on any atom is 0.404 e. The smallest absolute Gasteiger partial charge is 0.317 e. The van der Waals surface area contributed by atoms with Crippen LogP contribution in [0.4, 0.5) is 13.2 Å². The summed E-state index contributed by atoms with van der Waals surface area (Å²) in [6.45, 7) is 0.510. The van der Waals surface area contributed by atoms with E-state index in [0.29, 0.717) is 6.54 Å². The highest BCUT2D eigenvalue weighted by Crippen LogP contribution is 2.30. The van der Waals surface area contributed by atoms with Crippen molar-refractivity contribution in [2.24, 2.45) is 0 Å². The van der Waals surface area contributed by atoms with E-state index in [1.807, 2.05) is 0 Å². The Bertz CT molecular complexity index is 169. The molecule has 0 bridgehead atoms. The molecule has 78 valence electrons. The number of piperidine rings is 1. The third kappa shape index (κ3) is 2.57. The van der Waals surface area contributed by atoms with Gasteiger partial charge in [-0.3, -0.25) is 4.90 Å². The molecule has 1 aliphatic heterocycles. The van der Waals surface area contributed by atoms with Gasteiger partial charge >= 0.3 is 6.18 Å². The van der Waals surface area contributed by atoms with Crippen LogP contribution in [-0.4, -0.2) is 43.8 Å². The number of nitrogens with one attached hydrogen (secondary N) is 1. The first-order valence-corrected chi connectivity index (χ1v) is 4.39. The molecule has 0 saturated carbocycles. The second kappa shape index (κ2) is 3.84. The summed E-state index contributed by atoms with van der Waals surface area (Å²) in [5.41, 5.74) is 0. The summed E-state index contributed by atoms with van der Waals surface area (Å²) in [6.07, 6.45) is -3.14. The third-order valence-corrected chi connectivity index (χ3v) is 2.66.